The van der Waals surface area contributed by atoms with Crippen molar-refractivity contribution in [1.82, 2.24) is 0 Å². The van der Waals surface area contributed by atoms with Crippen molar-refractivity contribution in [3.63, 3.8) is 0 Å². The number of hydrogen-bond acceptors (Lipinski definition) is 3. The normalized spacial score (nSPS) is 10.2. The predicted molar refractivity (Wildman–Crippen MR) is 95.0 cm³/mol. The van der Waals surface area contributed by atoms with Gasteiger partial charge in [-0.15, -0.1) is 0 Å². The Morgan fingerprint density at radius 1 is 0.680 bits per heavy atom. The molecule has 0 heterocycles. The highest BCUT2D eigenvalue weighted by molar-refractivity contribution is 6.00. The van der Waals surface area contributed by atoms with Gasteiger partial charge >= 0.3 is 11.9 Å². The van der Waals surface area contributed by atoms with Crippen LogP contribution in [0.15, 0.2) is 78.9 Å². The minimum absolute atomic E-state index is 0.0249. The first-order valence-electron chi connectivity index (χ1n) is 7.59. The second kappa shape index (κ2) is 6.88. The number of carboxylic acid groups (broad SMARTS) is 2. The highest BCUT2D eigenvalue weighted by Crippen LogP contribution is 2.36. The molecule has 0 amide bonds. The van der Waals surface area contributed by atoms with Gasteiger partial charge in [0.2, 0.25) is 0 Å². The maximum atomic E-state index is 11.7. The predicted octanol–water partition coefficient (Wildman–Crippen LogP) is 4.55. The topological polar surface area (TPSA) is 77.8 Å². The Bertz CT molecular complexity index is 868. The SMILES string of the molecule is O=C(O)c1ccc(C(=O)O)c(N(c2ccccc2)c2ccccc2)c1. The van der Waals surface area contributed by atoms with Crippen molar-refractivity contribution in [1.29, 1.82) is 0 Å². The Labute approximate surface area is 144 Å². The third-order valence-electron chi connectivity index (χ3n) is 3.74. The summed E-state index contributed by atoms with van der Waals surface area (Å²) in [7, 11) is 0. The van der Waals surface area contributed by atoms with Crippen LogP contribution < -0.4 is 4.90 Å². The molecule has 0 atom stereocenters. The lowest BCUT2D eigenvalue weighted by Gasteiger charge is -2.27. The van der Waals surface area contributed by atoms with Crippen molar-refractivity contribution < 1.29 is 19.8 Å². The van der Waals surface area contributed by atoms with Crippen LogP contribution in [-0.4, -0.2) is 22.2 Å². The first-order chi connectivity index (χ1) is 12.1. The van der Waals surface area contributed by atoms with Crippen LogP contribution in [0.25, 0.3) is 0 Å². The summed E-state index contributed by atoms with van der Waals surface area (Å²) in [5, 5.41) is 18.9. The van der Waals surface area contributed by atoms with E-state index in [4.69, 9.17) is 0 Å². The molecule has 124 valence electrons. The van der Waals surface area contributed by atoms with Crippen LogP contribution in [0.5, 0.6) is 0 Å². The monoisotopic (exact) mass is 333 g/mol. The molecule has 0 saturated carbocycles. The Morgan fingerprint density at radius 3 is 1.64 bits per heavy atom. The molecule has 0 aliphatic carbocycles. The summed E-state index contributed by atoms with van der Waals surface area (Å²) in [6.07, 6.45) is 0. The molecule has 0 fully saturated rings. The van der Waals surface area contributed by atoms with Gasteiger partial charge in [0, 0.05) is 11.4 Å². The zero-order valence-electron chi connectivity index (χ0n) is 13.2. The van der Waals surface area contributed by atoms with Crippen LogP contribution in [0.4, 0.5) is 17.1 Å². The van der Waals surface area contributed by atoms with Gasteiger partial charge in [-0.1, -0.05) is 36.4 Å². The van der Waals surface area contributed by atoms with Gasteiger partial charge in [-0.2, -0.15) is 0 Å². The Kier molecular flexibility index (Phi) is 4.48. The van der Waals surface area contributed by atoms with Crippen LogP contribution in [-0.2, 0) is 0 Å². The van der Waals surface area contributed by atoms with Crippen LogP contribution in [0, 0.1) is 0 Å². The van der Waals surface area contributed by atoms with Gasteiger partial charge in [-0.3, -0.25) is 0 Å². The Hall–Kier alpha value is -3.60. The molecule has 3 rings (SSSR count). The second-order valence-corrected chi connectivity index (χ2v) is 5.35. The fraction of sp³-hybridized carbons (Fsp3) is 0. The van der Waals surface area contributed by atoms with E-state index in [-0.39, 0.29) is 11.1 Å². The minimum atomic E-state index is -1.12. The van der Waals surface area contributed by atoms with Crippen LogP contribution in [0.3, 0.4) is 0 Å². The lowest BCUT2D eigenvalue weighted by Crippen LogP contribution is -2.15. The number of para-hydroxylation sites is 2. The lowest BCUT2D eigenvalue weighted by atomic mass is 10.1. The standard InChI is InChI=1S/C20H15NO4/c22-19(23)14-11-12-17(20(24)25)18(13-14)21(15-7-3-1-4-8-15)16-9-5-2-6-10-16/h1-13H,(H,22,23)(H,24,25). The third kappa shape index (κ3) is 3.35. The van der Waals surface area contributed by atoms with E-state index in [2.05, 4.69) is 0 Å². The number of nitrogens with zero attached hydrogens (tertiary/aromatic N) is 1. The van der Waals surface area contributed by atoms with E-state index in [0.717, 1.165) is 11.4 Å². The van der Waals surface area contributed by atoms with E-state index >= 15 is 0 Å². The molecule has 0 bridgehead atoms. The van der Waals surface area contributed by atoms with Gasteiger partial charge in [0.15, 0.2) is 0 Å². The van der Waals surface area contributed by atoms with Gasteiger partial charge in [-0.25, -0.2) is 9.59 Å². The molecule has 25 heavy (non-hydrogen) atoms. The molecule has 2 N–H and O–H groups in total. The number of rotatable bonds is 5. The molecule has 3 aromatic carbocycles. The number of carbonyl (C=O) groups is 2. The van der Waals surface area contributed by atoms with Gasteiger partial charge in [0.1, 0.15) is 0 Å². The molecule has 0 radical (unpaired) electrons. The molecule has 5 heteroatoms. The lowest BCUT2D eigenvalue weighted by molar-refractivity contribution is 0.0682. The molecule has 0 aromatic heterocycles. The first kappa shape index (κ1) is 16.3. The summed E-state index contributed by atoms with van der Waals surface area (Å²) >= 11 is 0. The summed E-state index contributed by atoms with van der Waals surface area (Å²) in [5.41, 5.74) is 1.82. The van der Waals surface area contributed by atoms with Crippen LogP contribution in [0.2, 0.25) is 0 Å². The summed E-state index contributed by atoms with van der Waals surface area (Å²) in [5.74, 6) is -2.23. The molecule has 0 aliphatic rings. The largest absolute Gasteiger partial charge is 0.478 e. The van der Waals surface area contributed by atoms with Gasteiger partial charge in [0.05, 0.1) is 16.8 Å². The maximum Gasteiger partial charge on any atom is 0.337 e. The molecule has 0 unspecified atom stereocenters. The van der Waals surface area contributed by atoms with E-state index < -0.39 is 11.9 Å². The number of benzene rings is 3. The van der Waals surface area contributed by atoms with Crippen LogP contribution in [0.1, 0.15) is 20.7 Å². The van der Waals surface area contributed by atoms with E-state index in [0.29, 0.717) is 5.69 Å². The molecular weight excluding hydrogens is 318 g/mol. The third-order valence-corrected chi connectivity index (χ3v) is 3.74. The summed E-state index contributed by atoms with van der Waals surface area (Å²) < 4.78 is 0. The second-order valence-electron chi connectivity index (χ2n) is 5.35. The Morgan fingerprint density at radius 2 is 1.20 bits per heavy atom. The van der Waals surface area contributed by atoms with E-state index in [1.807, 2.05) is 60.7 Å². The molecule has 5 nitrogen and oxygen atoms in total. The maximum absolute atomic E-state index is 11.7. The zero-order valence-corrected chi connectivity index (χ0v) is 13.2. The van der Waals surface area contributed by atoms with Crippen molar-refractivity contribution in [3.05, 3.63) is 90.0 Å². The average Bonchev–Trinajstić information content (AvgIpc) is 2.63. The van der Waals surface area contributed by atoms with E-state index in [1.165, 1.54) is 18.2 Å². The number of aromatic carboxylic acids is 2. The average molecular weight is 333 g/mol. The summed E-state index contributed by atoms with van der Waals surface area (Å²) in [6.45, 7) is 0. The number of hydrogen-bond donors (Lipinski definition) is 2. The quantitative estimate of drug-likeness (QED) is 0.716. The number of anilines is 3. The minimum Gasteiger partial charge on any atom is -0.478 e. The fourth-order valence-electron chi connectivity index (χ4n) is 2.61. The van der Waals surface area contributed by atoms with Gasteiger partial charge in [0.25, 0.3) is 0 Å². The highest BCUT2D eigenvalue weighted by Gasteiger charge is 2.21. The van der Waals surface area contributed by atoms with Crippen molar-refractivity contribution in [2.24, 2.45) is 0 Å². The Balaban J connectivity index is 2.28. The van der Waals surface area contributed by atoms with Crippen molar-refractivity contribution >= 4 is 29.0 Å². The molecule has 0 spiro atoms. The summed E-state index contributed by atoms with van der Waals surface area (Å²) in [4.78, 5) is 24.8. The zero-order chi connectivity index (χ0) is 17.8. The number of carboxylic acids is 2. The smallest absolute Gasteiger partial charge is 0.337 e. The molecule has 3 aromatic rings. The summed E-state index contributed by atoms with van der Waals surface area (Å²) in [6, 6.07) is 22.4. The molecule has 0 saturated heterocycles. The molecular formula is C20H15NO4. The van der Waals surface area contributed by atoms with E-state index in [1.54, 1.807) is 4.90 Å². The fourth-order valence-corrected chi connectivity index (χ4v) is 2.61. The van der Waals surface area contributed by atoms with Crippen molar-refractivity contribution in [2.45, 2.75) is 0 Å². The van der Waals surface area contributed by atoms with Crippen LogP contribution >= 0.6 is 0 Å². The highest BCUT2D eigenvalue weighted by atomic mass is 16.4. The van der Waals surface area contributed by atoms with Crippen molar-refractivity contribution in [3.8, 4) is 0 Å². The first-order valence-corrected chi connectivity index (χ1v) is 7.59. The van der Waals surface area contributed by atoms with Gasteiger partial charge < -0.3 is 15.1 Å². The molecule has 0 aliphatic heterocycles. The van der Waals surface area contributed by atoms with E-state index in [9.17, 15) is 19.8 Å². The van der Waals surface area contributed by atoms with Crippen molar-refractivity contribution in [2.75, 3.05) is 4.90 Å². The van der Waals surface area contributed by atoms with Gasteiger partial charge in [-0.05, 0) is 42.5 Å².